The fourth-order valence-corrected chi connectivity index (χ4v) is 3.28. The average molecular weight is 290 g/mol. The van der Waals surface area contributed by atoms with Crippen molar-refractivity contribution >= 4 is 23.1 Å². The molecule has 2 amide bonds. The van der Waals surface area contributed by atoms with E-state index < -0.39 is 0 Å². The summed E-state index contributed by atoms with van der Waals surface area (Å²) in [6.45, 7) is 3.63. The lowest BCUT2D eigenvalue weighted by Crippen LogP contribution is -2.36. The molecule has 5 nitrogen and oxygen atoms in total. The highest BCUT2D eigenvalue weighted by atomic mass is 32.1. The van der Waals surface area contributed by atoms with E-state index in [1.54, 1.807) is 11.3 Å². The predicted octanol–water partition coefficient (Wildman–Crippen LogP) is 2.64. The van der Waals surface area contributed by atoms with E-state index in [-0.39, 0.29) is 6.03 Å². The molecule has 0 saturated heterocycles. The van der Waals surface area contributed by atoms with Crippen molar-refractivity contribution in [1.29, 1.82) is 0 Å². The molecule has 6 heteroatoms. The number of amides is 2. The van der Waals surface area contributed by atoms with Gasteiger partial charge in [0, 0.05) is 37.3 Å². The number of fused-ring (bicyclic) bond motifs is 1. The van der Waals surface area contributed by atoms with Gasteiger partial charge in [0.2, 0.25) is 0 Å². The average Bonchev–Trinajstić information content (AvgIpc) is 3.05. The maximum absolute atomic E-state index is 11.9. The van der Waals surface area contributed by atoms with E-state index in [0.29, 0.717) is 12.5 Å². The quantitative estimate of drug-likeness (QED) is 0.913. The number of carbonyl (C=O) groups excluding carboxylic acids is 1. The van der Waals surface area contributed by atoms with Gasteiger partial charge in [0.15, 0.2) is 0 Å². The topological polar surface area (TPSA) is 59.0 Å². The number of urea groups is 1. The number of nitrogens with one attached hydrogen (secondary N) is 2. The number of hydrogen-bond acceptors (Lipinski definition) is 3. The van der Waals surface area contributed by atoms with Crippen LogP contribution in [0.3, 0.4) is 0 Å². The van der Waals surface area contributed by atoms with Gasteiger partial charge in [0.25, 0.3) is 0 Å². The Morgan fingerprint density at radius 3 is 3.25 bits per heavy atom. The summed E-state index contributed by atoms with van der Waals surface area (Å²) in [5.74, 6) is 1.63. The molecule has 0 bridgehead atoms. The third-order valence-electron chi connectivity index (χ3n) is 3.69. The van der Waals surface area contributed by atoms with Crippen LogP contribution in [0.2, 0.25) is 0 Å². The van der Waals surface area contributed by atoms with Crippen LogP contribution in [0.4, 0.5) is 10.5 Å². The Bertz CT molecular complexity index is 604. The zero-order chi connectivity index (χ0) is 13.9. The fraction of sp³-hybridized carbons (Fsp3) is 0.429. The molecular weight excluding hydrogens is 272 g/mol. The Kier molecular flexibility index (Phi) is 3.73. The maximum Gasteiger partial charge on any atom is 0.319 e. The van der Waals surface area contributed by atoms with Crippen LogP contribution in [-0.4, -0.2) is 22.1 Å². The SMILES string of the molecule is Cc1cscc1NC(=O)NC[C@@H]1CCc2nccn2C1. The second-order valence-electron chi connectivity index (χ2n) is 5.20. The second-order valence-corrected chi connectivity index (χ2v) is 5.95. The van der Waals surface area contributed by atoms with Crippen LogP contribution in [0, 0.1) is 12.8 Å². The van der Waals surface area contributed by atoms with Crippen LogP contribution in [0.15, 0.2) is 23.2 Å². The normalized spacial score (nSPS) is 17.6. The molecular formula is C14H18N4OS. The Hall–Kier alpha value is -1.82. The van der Waals surface area contributed by atoms with Crippen LogP contribution >= 0.6 is 11.3 Å². The molecule has 0 saturated carbocycles. The van der Waals surface area contributed by atoms with Crippen LogP contribution < -0.4 is 10.6 Å². The molecule has 2 aromatic rings. The zero-order valence-electron chi connectivity index (χ0n) is 11.4. The van der Waals surface area contributed by atoms with Crippen molar-refractivity contribution in [2.24, 2.45) is 5.92 Å². The number of aromatic nitrogens is 2. The van der Waals surface area contributed by atoms with Crippen molar-refractivity contribution < 1.29 is 4.79 Å². The Labute approximate surface area is 122 Å². The largest absolute Gasteiger partial charge is 0.338 e. The molecule has 3 rings (SSSR count). The molecule has 0 fully saturated rings. The highest BCUT2D eigenvalue weighted by Crippen LogP contribution is 2.20. The molecule has 1 aliphatic rings. The van der Waals surface area contributed by atoms with Gasteiger partial charge in [0.05, 0.1) is 5.69 Å². The van der Waals surface area contributed by atoms with Gasteiger partial charge >= 0.3 is 6.03 Å². The van der Waals surface area contributed by atoms with Crippen LogP contribution in [-0.2, 0) is 13.0 Å². The maximum atomic E-state index is 11.9. The second kappa shape index (κ2) is 5.66. The monoisotopic (exact) mass is 290 g/mol. The van der Waals surface area contributed by atoms with Crippen LogP contribution in [0.25, 0.3) is 0 Å². The molecule has 1 atom stereocenters. The third-order valence-corrected chi connectivity index (χ3v) is 4.55. The lowest BCUT2D eigenvalue weighted by atomic mass is 9.99. The summed E-state index contributed by atoms with van der Waals surface area (Å²) in [4.78, 5) is 16.2. The van der Waals surface area contributed by atoms with Crippen molar-refractivity contribution in [3.05, 3.63) is 34.5 Å². The number of thiophene rings is 1. The van der Waals surface area contributed by atoms with E-state index in [2.05, 4.69) is 20.2 Å². The van der Waals surface area contributed by atoms with Gasteiger partial charge in [-0.05, 0) is 30.2 Å². The van der Waals surface area contributed by atoms with Crippen molar-refractivity contribution in [2.45, 2.75) is 26.3 Å². The zero-order valence-corrected chi connectivity index (χ0v) is 12.2. The Morgan fingerprint density at radius 2 is 2.45 bits per heavy atom. The molecule has 0 spiro atoms. The number of hydrogen-bond donors (Lipinski definition) is 2. The third kappa shape index (κ3) is 2.85. The van der Waals surface area contributed by atoms with Gasteiger partial charge in [-0.25, -0.2) is 9.78 Å². The summed E-state index contributed by atoms with van der Waals surface area (Å²) in [5.41, 5.74) is 2.00. The molecule has 2 N–H and O–H groups in total. The number of nitrogens with zero attached hydrogens (tertiary/aromatic N) is 2. The molecule has 0 radical (unpaired) electrons. The molecule has 3 heterocycles. The number of imidazole rings is 1. The molecule has 1 aliphatic heterocycles. The number of aryl methyl sites for hydroxylation is 2. The minimum absolute atomic E-state index is 0.122. The van der Waals surface area contributed by atoms with Crippen molar-refractivity contribution in [3.63, 3.8) is 0 Å². The van der Waals surface area contributed by atoms with Crippen LogP contribution in [0.1, 0.15) is 17.8 Å². The van der Waals surface area contributed by atoms with E-state index in [1.165, 1.54) is 0 Å². The molecule has 0 unspecified atom stereocenters. The summed E-state index contributed by atoms with van der Waals surface area (Å²) < 4.78 is 2.18. The van der Waals surface area contributed by atoms with E-state index in [1.807, 2.05) is 30.1 Å². The first-order valence-electron chi connectivity index (χ1n) is 6.80. The molecule has 0 aromatic carbocycles. The fourth-order valence-electron chi connectivity index (χ4n) is 2.50. The van der Waals surface area contributed by atoms with Crippen molar-refractivity contribution in [3.8, 4) is 0 Å². The van der Waals surface area contributed by atoms with Gasteiger partial charge in [-0.15, -0.1) is 11.3 Å². The Morgan fingerprint density at radius 1 is 1.55 bits per heavy atom. The van der Waals surface area contributed by atoms with E-state index >= 15 is 0 Å². The minimum Gasteiger partial charge on any atom is -0.338 e. The first-order valence-corrected chi connectivity index (χ1v) is 7.74. The Balaban J connectivity index is 1.48. The van der Waals surface area contributed by atoms with E-state index in [0.717, 1.165) is 36.5 Å². The van der Waals surface area contributed by atoms with Crippen molar-refractivity contribution in [1.82, 2.24) is 14.9 Å². The summed E-state index contributed by atoms with van der Waals surface area (Å²) in [6.07, 6.45) is 5.92. The predicted molar refractivity (Wildman–Crippen MR) is 80.1 cm³/mol. The number of anilines is 1. The van der Waals surface area contributed by atoms with Gasteiger partial charge < -0.3 is 15.2 Å². The smallest absolute Gasteiger partial charge is 0.319 e. The summed E-state index contributed by atoms with van der Waals surface area (Å²) >= 11 is 1.59. The van der Waals surface area contributed by atoms with E-state index in [9.17, 15) is 4.79 Å². The minimum atomic E-state index is -0.122. The number of carbonyl (C=O) groups is 1. The van der Waals surface area contributed by atoms with Gasteiger partial charge in [0.1, 0.15) is 5.82 Å². The lowest BCUT2D eigenvalue weighted by Gasteiger charge is -2.24. The van der Waals surface area contributed by atoms with Crippen molar-refractivity contribution in [2.75, 3.05) is 11.9 Å². The highest BCUT2D eigenvalue weighted by molar-refractivity contribution is 7.08. The molecule has 20 heavy (non-hydrogen) atoms. The van der Waals surface area contributed by atoms with Gasteiger partial charge in [-0.3, -0.25) is 0 Å². The first-order chi connectivity index (χ1) is 9.72. The molecule has 0 aliphatic carbocycles. The first kappa shape index (κ1) is 13.2. The van der Waals surface area contributed by atoms with Gasteiger partial charge in [-0.1, -0.05) is 0 Å². The standard InChI is InChI=1S/C14H18N4OS/c1-10-8-20-9-12(10)17-14(19)16-6-11-2-3-13-15-4-5-18(13)7-11/h4-5,8-9,11H,2-3,6-7H2,1H3,(H2,16,17,19)/t11-/m0/s1. The van der Waals surface area contributed by atoms with Crippen LogP contribution in [0.5, 0.6) is 0 Å². The summed E-state index contributed by atoms with van der Waals surface area (Å²) in [7, 11) is 0. The highest BCUT2D eigenvalue weighted by Gasteiger charge is 2.19. The van der Waals surface area contributed by atoms with E-state index in [4.69, 9.17) is 0 Å². The lowest BCUT2D eigenvalue weighted by molar-refractivity contribution is 0.247. The van der Waals surface area contributed by atoms with Gasteiger partial charge in [-0.2, -0.15) is 0 Å². The molecule has 2 aromatic heterocycles. The summed E-state index contributed by atoms with van der Waals surface area (Å²) in [6, 6.07) is -0.122. The molecule has 106 valence electrons. The summed E-state index contributed by atoms with van der Waals surface area (Å²) in [5, 5.41) is 9.82. The number of rotatable bonds is 3.